The highest BCUT2D eigenvalue weighted by Crippen LogP contribution is 2.33. The van der Waals surface area contributed by atoms with Gasteiger partial charge in [-0.3, -0.25) is 0 Å². The summed E-state index contributed by atoms with van der Waals surface area (Å²) in [4.78, 5) is 67.6. The van der Waals surface area contributed by atoms with Crippen molar-refractivity contribution in [1.29, 1.82) is 0 Å². The molecule has 0 fully saturated rings. The van der Waals surface area contributed by atoms with E-state index in [0.29, 0.717) is 122 Å². The summed E-state index contributed by atoms with van der Waals surface area (Å²) < 4.78 is 16.0. The van der Waals surface area contributed by atoms with E-state index in [9.17, 15) is 14.4 Å². The van der Waals surface area contributed by atoms with Crippen LogP contribution in [-0.4, -0.2) is 67.6 Å². The van der Waals surface area contributed by atoms with E-state index in [-0.39, 0.29) is 0 Å². The van der Waals surface area contributed by atoms with E-state index >= 15 is 0 Å². The van der Waals surface area contributed by atoms with Gasteiger partial charge >= 0.3 is 17.9 Å². The quantitative estimate of drug-likeness (QED) is 0.0713. The van der Waals surface area contributed by atoms with E-state index < -0.39 is 17.9 Å². The Balaban J connectivity index is 1.51. The lowest BCUT2D eigenvalue weighted by molar-refractivity contribution is 0.0496. The zero-order valence-corrected chi connectivity index (χ0v) is 26.6. The highest BCUT2D eigenvalue weighted by Gasteiger charge is 2.21. The van der Waals surface area contributed by atoms with Gasteiger partial charge in [-0.1, -0.05) is 20.8 Å². The first-order valence-electron chi connectivity index (χ1n) is 15.9. The van der Waals surface area contributed by atoms with E-state index in [4.69, 9.17) is 44.1 Å². The number of fused-ring (bicyclic) bond motifs is 9. The number of hydrogen-bond acceptors (Lipinski definition) is 12. The molecule has 0 unspecified atom stereocenters. The van der Waals surface area contributed by atoms with Crippen molar-refractivity contribution >= 4 is 84.1 Å². The van der Waals surface area contributed by atoms with Crippen LogP contribution >= 0.6 is 0 Å². The van der Waals surface area contributed by atoms with Gasteiger partial charge in [0.15, 0.2) is 0 Å². The smallest absolute Gasteiger partial charge is 0.338 e. The summed E-state index contributed by atoms with van der Waals surface area (Å²) in [5.41, 5.74) is 6.47. The van der Waals surface area contributed by atoms with Crippen LogP contribution in [-0.2, 0) is 14.2 Å². The Bertz CT molecular complexity index is 2150. The van der Waals surface area contributed by atoms with Crippen LogP contribution in [0, 0.1) is 0 Å². The molecule has 0 amide bonds. The number of benzene rings is 4. The predicted molar refractivity (Wildman–Crippen MR) is 180 cm³/mol. The summed E-state index contributed by atoms with van der Waals surface area (Å²) >= 11 is 0. The molecule has 48 heavy (non-hydrogen) atoms. The molecule has 240 valence electrons. The van der Waals surface area contributed by atoms with Crippen LogP contribution in [0.5, 0.6) is 0 Å². The van der Waals surface area contributed by atoms with Crippen molar-refractivity contribution in [1.82, 2.24) is 29.9 Å². The molecule has 0 aliphatic rings. The van der Waals surface area contributed by atoms with Gasteiger partial charge in [-0.05, 0) is 73.9 Å². The Hall–Kier alpha value is -5.91. The molecule has 0 aliphatic carbocycles. The summed E-state index contributed by atoms with van der Waals surface area (Å²) in [5.74, 6) is -1.35. The summed E-state index contributed by atoms with van der Waals surface area (Å²) in [6.07, 6.45) is 2.11. The van der Waals surface area contributed by atoms with E-state index in [1.807, 2.05) is 20.8 Å². The zero-order valence-electron chi connectivity index (χ0n) is 26.6. The van der Waals surface area contributed by atoms with Gasteiger partial charge in [0.25, 0.3) is 0 Å². The molecule has 4 aromatic carbocycles. The Morgan fingerprint density at radius 3 is 0.917 bits per heavy atom. The Kier molecular flexibility index (Phi) is 8.14. The second kappa shape index (κ2) is 12.7. The van der Waals surface area contributed by atoms with Crippen LogP contribution in [0.2, 0.25) is 0 Å². The van der Waals surface area contributed by atoms with Crippen molar-refractivity contribution < 1.29 is 28.6 Å². The standard InChI is InChI=1S/C36H30N6O6/c1-4-13-46-34(43)19-7-10-22-25(16-19)40-31-28(37-22)32-30(39-24-12-9-21(18-27(24)41-32)36(45)48-15-6-3)33-29(31)38-23-11-8-20(17-26(23)42-33)35(44)47-14-5-2/h7-12,16-18H,4-6,13-15H2,1-3H3. The number of nitrogens with zero attached hydrogens (tertiary/aromatic N) is 6. The van der Waals surface area contributed by atoms with Crippen LogP contribution in [0.15, 0.2) is 54.6 Å². The molecule has 12 nitrogen and oxygen atoms in total. The molecule has 7 rings (SSSR count). The maximum atomic E-state index is 12.7. The average molecular weight is 643 g/mol. The predicted octanol–water partition coefficient (Wildman–Crippen LogP) is 6.68. The van der Waals surface area contributed by atoms with Gasteiger partial charge in [0.05, 0.1) is 69.6 Å². The lowest BCUT2D eigenvalue weighted by Crippen LogP contribution is -2.07. The van der Waals surface area contributed by atoms with E-state index in [1.54, 1.807) is 54.6 Å². The van der Waals surface area contributed by atoms with Crippen molar-refractivity contribution in [3.8, 4) is 0 Å². The summed E-state index contributed by atoms with van der Waals surface area (Å²) in [7, 11) is 0. The molecular formula is C36H30N6O6. The number of hydrogen-bond donors (Lipinski definition) is 0. The van der Waals surface area contributed by atoms with Crippen molar-refractivity contribution in [3.05, 3.63) is 71.3 Å². The molecule has 0 atom stereocenters. The third-order valence-electron chi connectivity index (χ3n) is 7.68. The molecule has 0 N–H and O–H groups in total. The fraction of sp³-hybridized carbons (Fsp3) is 0.250. The molecule has 12 heteroatoms. The molecule has 0 bridgehead atoms. The highest BCUT2D eigenvalue weighted by atomic mass is 16.5. The molecule has 7 aromatic rings. The Morgan fingerprint density at radius 1 is 0.417 bits per heavy atom. The Labute approximate surface area is 273 Å². The summed E-state index contributed by atoms with van der Waals surface area (Å²) in [6, 6.07) is 15.0. The largest absolute Gasteiger partial charge is 0.462 e. The van der Waals surface area contributed by atoms with E-state index in [2.05, 4.69) is 0 Å². The lowest BCUT2D eigenvalue weighted by Gasteiger charge is -2.11. The van der Waals surface area contributed by atoms with Crippen molar-refractivity contribution in [3.63, 3.8) is 0 Å². The van der Waals surface area contributed by atoms with Gasteiger partial charge in [0.1, 0.15) is 33.1 Å². The number of rotatable bonds is 9. The molecule has 0 spiro atoms. The van der Waals surface area contributed by atoms with Crippen LogP contribution in [0.25, 0.3) is 66.2 Å². The molecule has 0 aliphatic heterocycles. The molecule has 0 saturated heterocycles. The second-order valence-corrected chi connectivity index (χ2v) is 11.3. The minimum Gasteiger partial charge on any atom is -0.462 e. The first kappa shape index (κ1) is 30.7. The molecule has 3 heterocycles. The third-order valence-corrected chi connectivity index (χ3v) is 7.68. The minimum atomic E-state index is -0.450. The molecule has 3 aromatic heterocycles. The van der Waals surface area contributed by atoms with Gasteiger partial charge in [-0.15, -0.1) is 0 Å². The number of aromatic nitrogens is 6. The van der Waals surface area contributed by atoms with Gasteiger partial charge < -0.3 is 14.2 Å². The van der Waals surface area contributed by atoms with Gasteiger partial charge in [0, 0.05) is 0 Å². The van der Waals surface area contributed by atoms with Gasteiger partial charge in [0.2, 0.25) is 0 Å². The summed E-state index contributed by atoms with van der Waals surface area (Å²) in [6.45, 7) is 6.70. The number of ether oxygens (including phenoxy) is 3. The summed E-state index contributed by atoms with van der Waals surface area (Å²) in [5, 5.41) is 0. The van der Waals surface area contributed by atoms with Crippen LogP contribution in [0.1, 0.15) is 71.1 Å². The molecular weight excluding hydrogens is 612 g/mol. The SMILES string of the molecule is CCCOC(=O)c1ccc2nc3c4nc5cc(C(=O)OCCC)ccc5nc4c4nc5cc(C(=O)OCCC)ccc5nc4c3nc2c1. The van der Waals surface area contributed by atoms with E-state index in [0.717, 1.165) is 0 Å². The second-order valence-electron chi connectivity index (χ2n) is 11.3. The highest BCUT2D eigenvalue weighted by molar-refractivity contribution is 6.21. The number of carbonyl (C=O) groups is 3. The maximum absolute atomic E-state index is 12.7. The van der Waals surface area contributed by atoms with Crippen molar-refractivity contribution in [2.45, 2.75) is 40.0 Å². The fourth-order valence-electron chi connectivity index (χ4n) is 5.37. The maximum Gasteiger partial charge on any atom is 0.338 e. The third kappa shape index (κ3) is 5.55. The number of carbonyl (C=O) groups excluding carboxylic acids is 3. The monoisotopic (exact) mass is 642 g/mol. The van der Waals surface area contributed by atoms with Crippen LogP contribution in [0.3, 0.4) is 0 Å². The zero-order chi connectivity index (χ0) is 33.4. The normalized spacial score (nSPS) is 11.6. The van der Waals surface area contributed by atoms with Crippen molar-refractivity contribution in [2.24, 2.45) is 0 Å². The topological polar surface area (TPSA) is 156 Å². The molecule has 0 radical (unpaired) electrons. The first-order chi connectivity index (χ1) is 23.4. The van der Waals surface area contributed by atoms with Gasteiger partial charge in [-0.25, -0.2) is 44.3 Å². The average Bonchev–Trinajstić information content (AvgIpc) is 3.12. The van der Waals surface area contributed by atoms with Crippen molar-refractivity contribution in [2.75, 3.05) is 19.8 Å². The Morgan fingerprint density at radius 2 is 0.667 bits per heavy atom. The van der Waals surface area contributed by atoms with Gasteiger partial charge in [-0.2, -0.15) is 0 Å². The number of esters is 3. The fourth-order valence-corrected chi connectivity index (χ4v) is 5.37. The van der Waals surface area contributed by atoms with E-state index in [1.165, 1.54) is 0 Å². The first-order valence-corrected chi connectivity index (χ1v) is 15.9. The molecule has 0 saturated carbocycles. The van der Waals surface area contributed by atoms with Crippen LogP contribution < -0.4 is 0 Å². The van der Waals surface area contributed by atoms with Crippen LogP contribution in [0.4, 0.5) is 0 Å². The lowest BCUT2D eigenvalue weighted by atomic mass is 10.1. The minimum absolute atomic E-state index is 0.308.